The number of rotatable bonds is 1. The van der Waals surface area contributed by atoms with Gasteiger partial charge in [0.1, 0.15) is 24.1 Å². The molecule has 3 saturated heterocycles. The summed E-state index contributed by atoms with van der Waals surface area (Å²) in [6.45, 7) is 2.11. The zero-order chi connectivity index (χ0) is 16.8. The monoisotopic (exact) mass is 344 g/mol. The number of esters is 1. The van der Waals surface area contributed by atoms with Crippen LogP contribution < -0.4 is 0 Å². The number of fused-ring (bicyclic) bond motifs is 4. The van der Waals surface area contributed by atoms with E-state index in [2.05, 4.69) is 0 Å². The van der Waals surface area contributed by atoms with Crippen molar-refractivity contribution >= 4 is 35.5 Å². The van der Waals surface area contributed by atoms with Crippen LogP contribution in [0, 0.1) is 0 Å². The van der Waals surface area contributed by atoms with Crippen LogP contribution in [0.2, 0.25) is 0 Å². The van der Waals surface area contributed by atoms with Crippen molar-refractivity contribution in [3.63, 3.8) is 0 Å². The molecule has 0 unspecified atom stereocenters. The molecule has 0 aliphatic carbocycles. The quantitative estimate of drug-likeness (QED) is 0.413. The van der Waals surface area contributed by atoms with E-state index in [0.29, 0.717) is 11.1 Å². The van der Waals surface area contributed by atoms with Gasteiger partial charge >= 0.3 is 5.97 Å². The summed E-state index contributed by atoms with van der Waals surface area (Å²) in [5, 5.41) is -0.387. The summed E-state index contributed by atoms with van der Waals surface area (Å²) < 4.78 is 4.55. The summed E-state index contributed by atoms with van der Waals surface area (Å²) in [7, 11) is 0. The lowest BCUT2D eigenvalue weighted by Crippen LogP contribution is -2.71. The fourth-order valence-corrected chi connectivity index (χ4v) is 5.69. The van der Waals surface area contributed by atoms with E-state index in [4.69, 9.17) is 4.74 Å². The Labute approximate surface area is 140 Å². The van der Waals surface area contributed by atoms with E-state index < -0.39 is 34.6 Å². The first-order valence-electron chi connectivity index (χ1n) is 7.57. The fraction of sp³-hybridized carbons (Fsp3) is 0.375. The SMILES string of the molecule is C[C@@]12COC(=O)[C@@H]1N1C(=O)[C@@H](N3C(=O)c4ccccc4C3=O)[C@H]1S2. The molecule has 4 aliphatic rings. The maximum absolute atomic E-state index is 12.7. The fourth-order valence-electron chi connectivity index (χ4n) is 3.97. The van der Waals surface area contributed by atoms with Crippen molar-refractivity contribution in [2.75, 3.05) is 6.61 Å². The zero-order valence-electron chi connectivity index (χ0n) is 12.6. The summed E-state index contributed by atoms with van der Waals surface area (Å²) >= 11 is 1.43. The van der Waals surface area contributed by atoms with Crippen molar-refractivity contribution in [1.82, 2.24) is 9.80 Å². The second kappa shape index (κ2) is 4.18. The molecule has 5 rings (SSSR count). The van der Waals surface area contributed by atoms with Gasteiger partial charge in [-0.2, -0.15) is 0 Å². The number of hydrogen-bond acceptors (Lipinski definition) is 6. The van der Waals surface area contributed by atoms with Gasteiger partial charge in [0.15, 0.2) is 0 Å². The Kier molecular flexibility index (Phi) is 2.45. The Morgan fingerprint density at radius 1 is 1.12 bits per heavy atom. The molecular weight excluding hydrogens is 332 g/mol. The minimum atomic E-state index is -0.849. The van der Waals surface area contributed by atoms with Crippen LogP contribution in [0.15, 0.2) is 24.3 Å². The average Bonchev–Trinajstić information content (AvgIpc) is 3.10. The normalized spacial score (nSPS) is 36.5. The van der Waals surface area contributed by atoms with Crippen molar-refractivity contribution in [1.29, 1.82) is 0 Å². The summed E-state index contributed by atoms with van der Waals surface area (Å²) in [6, 6.07) is 5.07. The number of nitrogens with zero attached hydrogens (tertiary/aromatic N) is 2. The van der Waals surface area contributed by atoms with Gasteiger partial charge in [0, 0.05) is 0 Å². The van der Waals surface area contributed by atoms with Gasteiger partial charge in [-0.25, -0.2) is 4.79 Å². The topological polar surface area (TPSA) is 84.0 Å². The number of hydrogen-bond donors (Lipinski definition) is 0. The molecule has 0 bridgehead atoms. The van der Waals surface area contributed by atoms with Gasteiger partial charge in [0.05, 0.1) is 15.9 Å². The highest BCUT2D eigenvalue weighted by atomic mass is 32.2. The van der Waals surface area contributed by atoms with Crippen LogP contribution in [0.25, 0.3) is 0 Å². The van der Waals surface area contributed by atoms with E-state index in [9.17, 15) is 19.2 Å². The molecule has 4 atom stereocenters. The Morgan fingerprint density at radius 3 is 2.38 bits per heavy atom. The Balaban J connectivity index is 1.51. The highest BCUT2D eigenvalue weighted by molar-refractivity contribution is 8.01. The molecule has 24 heavy (non-hydrogen) atoms. The van der Waals surface area contributed by atoms with Gasteiger partial charge in [0.2, 0.25) is 0 Å². The van der Waals surface area contributed by atoms with Gasteiger partial charge in [-0.05, 0) is 19.1 Å². The van der Waals surface area contributed by atoms with Gasteiger partial charge in [-0.1, -0.05) is 12.1 Å². The molecule has 3 fully saturated rings. The predicted octanol–water partition coefficient (Wildman–Crippen LogP) is 0.250. The van der Waals surface area contributed by atoms with E-state index in [1.807, 2.05) is 6.92 Å². The molecule has 7 nitrogen and oxygen atoms in total. The highest BCUT2D eigenvalue weighted by Gasteiger charge is 2.71. The number of amides is 3. The van der Waals surface area contributed by atoms with Gasteiger partial charge in [-0.3, -0.25) is 19.3 Å². The molecule has 8 heteroatoms. The largest absolute Gasteiger partial charge is 0.463 e. The second-order valence-electron chi connectivity index (χ2n) is 6.55. The number of carbonyl (C=O) groups excluding carboxylic acids is 4. The van der Waals surface area contributed by atoms with Crippen molar-refractivity contribution in [3.05, 3.63) is 35.4 Å². The van der Waals surface area contributed by atoms with Gasteiger partial charge < -0.3 is 9.64 Å². The molecule has 4 heterocycles. The lowest BCUT2D eigenvalue weighted by atomic mass is 9.96. The van der Waals surface area contributed by atoms with Crippen LogP contribution in [0.1, 0.15) is 27.6 Å². The Morgan fingerprint density at radius 2 is 1.75 bits per heavy atom. The summed E-state index contributed by atoms with van der Waals surface area (Å²) in [5.41, 5.74) is 0.644. The van der Waals surface area contributed by atoms with Crippen molar-refractivity contribution < 1.29 is 23.9 Å². The minimum Gasteiger partial charge on any atom is -0.463 e. The third-order valence-electron chi connectivity index (χ3n) is 5.13. The van der Waals surface area contributed by atoms with Crippen molar-refractivity contribution in [3.8, 4) is 0 Å². The van der Waals surface area contributed by atoms with Crippen LogP contribution in [0.3, 0.4) is 0 Å². The summed E-state index contributed by atoms with van der Waals surface area (Å²) in [4.78, 5) is 52.3. The van der Waals surface area contributed by atoms with Crippen molar-refractivity contribution in [2.45, 2.75) is 29.1 Å². The van der Waals surface area contributed by atoms with Crippen molar-refractivity contribution in [2.24, 2.45) is 0 Å². The van der Waals surface area contributed by atoms with Gasteiger partial charge in [0.25, 0.3) is 17.7 Å². The van der Waals surface area contributed by atoms with E-state index in [1.54, 1.807) is 24.3 Å². The highest BCUT2D eigenvalue weighted by Crippen LogP contribution is 2.55. The van der Waals surface area contributed by atoms with E-state index in [0.717, 1.165) is 4.90 Å². The molecule has 0 saturated carbocycles. The van der Waals surface area contributed by atoms with E-state index in [-0.39, 0.29) is 17.9 Å². The lowest BCUT2D eigenvalue weighted by molar-refractivity contribution is -0.159. The average molecular weight is 344 g/mol. The van der Waals surface area contributed by atoms with E-state index in [1.165, 1.54) is 16.7 Å². The zero-order valence-corrected chi connectivity index (χ0v) is 13.4. The molecule has 122 valence electrons. The van der Waals surface area contributed by atoms with Crippen LogP contribution in [-0.2, 0) is 14.3 Å². The lowest BCUT2D eigenvalue weighted by Gasteiger charge is -2.46. The summed E-state index contributed by atoms with van der Waals surface area (Å²) in [5.74, 6) is -1.67. The molecule has 0 aromatic heterocycles. The molecule has 0 radical (unpaired) electrons. The molecule has 0 spiro atoms. The Hall–Kier alpha value is -2.35. The number of imide groups is 1. The van der Waals surface area contributed by atoms with Crippen LogP contribution in [0.4, 0.5) is 0 Å². The third-order valence-corrected chi connectivity index (χ3v) is 6.73. The standard InChI is InChI=1S/C16H12N2O5S/c1-16-6-23-15(22)10(16)18-13(21)9(14(18)24-16)17-11(19)7-4-2-3-5-8(7)12(17)20/h2-5,9-10,14H,6H2,1H3/t9-,10+,14-,16-/m1/s1. The number of thioether (sulfide) groups is 1. The number of cyclic esters (lactones) is 1. The van der Waals surface area contributed by atoms with Crippen LogP contribution in [0.5, 0.6) is 0 Å². The maximum atomic E-state index is 12.7. The Bertz CT molecular complexity index is 820. The molecular formula is C16H12N2O5S. The predicted molar refractivity (Wildman–Crippen MR) is 82.1 cm³/mol. The first-order chi connectivity index (χ1) is 11.4. The number of carbonyl (C=O) groups is 4. The second-order valence-corrected chi connectivity index (χ2v) is 8.20. The van der Waals surface area contributed by atoms with Crippen LogP contribution in [-0.4, -0.2) is 62.3 Å². The smallest absolute Gasteiger partial charge is 0.330 e. The number of benzene rings is 1. The first kappa shape index (κ1) is 14.0. The molecule has 0 N–H and O–H groups in total. The first-order valence-corrected chi connectivity index (χ1v) is 8.45. The number of β-lactam (4-membered cyclic amide) rings is 1. The minimum absolute atomic E-state index is 0.232. The molecule has 1 aromatic rings. The van der Waals surface area contributed by atoms with Crippen LogP contribution >= 0.6 is 11.8 Å². The molecule has 3 amide bonds. The third kappa shape index (κ3) is 1.41. The van der Waals surface area contributed by atoms with Gasteiger partial charge in [-0.15, -0.1) is 11.8 Å². The number of ether oxygens (including phenoxy) is 1. The molecule has 4 aliphatic heterocycles. The maximum Gasteiger partial charge on any atom is 0.330 e. The summed E-state index contributed by atoms with van der Waals surface area (Å²) in [6.07, 6.45) is 0. The van der Waals surface area contributed by atoms with E-state index >= 15 is 0 Å². The molecule has 1 aromatic carbocycles.